The van der Waals surface area contributed by atoms with Crippen molar-refractivity contribution < 1.29 is 18.7 Å². The molecule has 0 spiro atoms. The zero-order valence-electron chi connectivity index (χ0n) is 20.0. The van der Waals surface area contributed by atoms with Crippen molar-refractivity contribution in [2.45, 2.75) is 20.3 Å². The van der Waals surface area contributed by atoms with Crippen LogP contribution in [0, 0.1) is 6.92 Å². The van der Waals surface area contributed by atoms with Gasteiger partial charge in [-0.05, 0) is 97.4 Å². The molecule has 1 amide bonds. The molecule has 0 unspecified atom stereocenters. The van der Waals surface area contributed by atoms with Gasteiger partial charge in [-0.3, -0.25) is 10.1 Å². The number of oxazole rings is 1. The molecule has 7 nitrogen and oxygen atoms in total. The zero-order valence-corrected chi connectivity index (χ0v) is 21.5. The summed E-state index contributed by atoms with van der Waals surface area (Å²) in [5.41, 5.74) is 4.82. The fourth-order valence-electron chi connectivity index (χ4n) is 3.88. The molecule has 0 aliphatic carbocycles. The van der Waals surface area contributed by atoms with E-state index in [4.69, 9.17) is 32.7 Å². The van der Waals surface area contributed by atoms with Crippen LogP contribution in [0.15, 0.2) is 75.6 Å². The molecule has 2 aromatic heterocycles. The number of carbonyl (C=O) groups excluding carboxylic acids is 1. The predicted octanol–water partition coefficient (Wildman–Crippen LogP) is 7.11. The number of phenolic OH excluding ortho intramolecular Hbond substituents is 1. The van der Waals surface area contributed by atoms with E-state index in [0.717, 1.165) is 17.5 Å². The van der Waals surface area contributed by atoms with Crippen molar-refractivity contribution in [3.05, 3.63) is 88.6 Å². The number of fused-ring (bicyclic) bond motifs is 1. The molecule has 0 saturated heterocycles. The molecule has 9 heteroatoms. The van der Waals surface area contributed by atoms with Gasteiger partial charge in [0.25, 0.3) is 5.91 Å². The first-order chi connectivity index (χ1) is 17.8. The van der Waals surface area contributed by atoms with Crippen molar-refractivity contribution in [3.8, 4) is 28.5 Å². The van der Waals surface area contributed by atoms with Crippen molar-refractivity contribution in [2.24, 2.45) is 0 Å². The van der Waals surface area contributed by atoms with Gasteiger partial charge < -0.3 is 19.3 Å². The van der Waals surface area contributed by atoms with Gasteiger partial charge >= 0.3 is 0 Å². The number of halogens is 1. The van der Waals surface area contributed by atoms with Crippen LogP contribution in [0.25, 0.3) is 33.9 Å². The van der Waals surface area contributed by atoms with E-state index < -0.39 is 5.91 Å². The molecule has 0 saturated carbocycles. The number of thiocarbonyl (C=S) groups is 1. The van der Waals surface area contributed by atoms with Crippen LogP contribution in [0.2, 0.25) is 5.02 Å². The van der Waals surface area contributed by atoms with Crippen molar-refractivity contribution >= 4 is 51.6 Å². The second-order valence-electron chi connectivity index (χ2n) is 8.44. The Kier molecular flexibility index (Phi) is 6.69. The minimum absolute atomic E-state index is 0.0492. The third-order valence-corrected chi connectivity index (χ3v) is 6.29. The van der Waals surface area contributed by atoms with Crippen LogP contribution in [0.3, 0.4) is 0 Å². The zero-order chi connectivity index (χ0) is 26.1. The monoisotopic (exact) mass is 531 g/mol. The van der Waals surface area contributed by atoms with E-state index in [9.17, 15) is 9.90 Å². The first kappa shape index (κ1) is 24.5. The number of anilines is 1. The van der Waals surface area contributed by atoms with E-state index in [1.54, 1.807) is 55.5 Å². The molecule has 0 bridgehead atoms. The topological polar surface area (TPSA) is 101 Å². The molecule has 0 radical (unpaired) electrons. The van der Waals surface area contributed by atoms with Gasteiger partial charge in [0, 0.05) is 16.3 Å². The molecule has 37 heavy (non-hydrogen) atoms. The highest BCUT2D eigenvalue weighted by molar-refractivity contribution is 7.80. The average molecular weight is 532 g/mol. The predicted molar refractivity (Wildman–Crippen MR) is 148 cm³/mol. The Morgan fingerprint density at radius 3 is 2.59 bits per heavy atom. The van der Waals surface area contributed by atoms with Crippen molar-refractivity contribution in [1.82, 2.24) is 10.3 Å². The fourth-order valence-corrected chi connectivity index (χ4v) is 4.22. The quantitative estimate of drug-likeness (QED) is 0.164. The number of benzene rings is 3. The normalized spacial score (nSPS) is 11.0. The van der Waals surface area contributed by atoms with Crippen LogP contribution < -0.4 is 10.6 Å². The number of nitrogens with one attached hydrogen (secondary N) is 2. The highest BCUT2D eigenvalue weighted by Gasteiger charge is 2.18. The molecular formula is C28H22ClN3O4S. The Hall–Kier alpha value is -4.14. The smallest absolute Gasteiger partial charge is 0.293 e. The summed E-state index contributed by atoms with van der Waals surface area (Å²) in [7, 11) is 0. The lowest BCUT2D eigenvalue weighted by molar-refractivity contribution is 0.0951. The number of carbonyl (C=O) groups is 1. The Balaban J connectivity index is 1.32. The molecule has 5 aromatic rings. The fraction of sp³-hybridized carbons (Fsp3) is 0.107. The second-order valence-corrected chi connectivity index (χ2v) is 9.29. The lowest BCUT2D eigenvalue weighted by Gasteiger charge is -2.12. The number of furan rings is 1. The van der Waals surface area contributed by atoms with Crippen LogP contribution >= 0.6 is 23.8 Å². The van der Waals surface area contributed by atoms with Crippen LogP contribution in [-0.4, -0.2) is 21.1 Å². The Labute approximate surface area is 223 Å². The van der Waals surface area contributed by atoms with E-state index in [0.29, 0.717) is 38.7 Å². The number of nitrogens with zero attached hydrogens (tertiary/aromatic N) is 1. The first-order valence-corrected chi connectivity index (χ1v) is 12.3. The van der Waals surface area contributed by atoms with Crippen LogP contribution in [0.4, 0.5) is 5.69 Å². The maximum absolute atomic E-state index is 12.7. The molecular weight excluding hydrogens is 510 g/mol. The standard InChI is InChI=1S/C28H22ClN3O4S/c1-3-16-4-9-23-21(13-16)31-27(36-23)20-14-19(12-15(2)25(20)33)30-28(37)32-26(34)24-11-10-22(35-24)17-5-7-18(29)8-6-17/h4-14,33H,3H2,1-2H3,(H2,30,32,34,37). The van der Waals surface area contributed by atoms with Gasteiger partial charge in [-0.25, -0.2) is 4.98 Å². The number of amides is 1. The van der Waals surface area contributed by atoms with Gasteiger partial charge in [-0.1, -0.05) is 24.6 Å². The lowest BCUT2D eigenvalue weighted by Crippen LogP contribution is -2.33. The lowest BCUT2D eigenvalue weighted by atomic mass is 10.1. The number of phenols is 1. The summed E-state index contributed by atoms with van der Waals surface area (Å²) in [5, 5.41) is 17.0. The number of aromatic hydroxyl groups is 1. The number of aromatic nitrogens is 1. The Bertz CT molecular complexity index is 1640. The molecule has 0 fully saturated rings. The molecule has 3 N–H and O–H groups in total. The summed E-state index contributed by atoms with van der Waals surface area (Å²) in [6.07, 6.45) is 0.880. The third kappa shape index (κ3) is 5.21. The summed E-state index contributed by atoms with van der Waals surface area (Å²) >= 11 is 11.3. The number of hydrogen-bond donors (Lipinski definition) is 3. The van der Waals surface area contributed by atoms with Gasteiger partial charge in [0.15, 0.2) is 16.5 Å². The van der Waals surface area contributed by atoms with Crippen LogP contribution in [0.1, 0.15) is 28.6 Å². The highest BCUT2D eigenvalue weighted by Crippen LogP contribution is 2.36. The van der Waals surface area contributed by atoms with Crippen molar-refractivity contribution in [1.29, 1.82) is 0 Å². The van der Waals surface area contributed by atoms with E-state index in [2.05, 4.69) is 22.5 Å². The molecule has 186 valence electrons. The summed E-state index contributed by atoms with van der Waals surface area (Å²) in [6, 6.07) is 19.6. The van der Waals surface area contributed by atoms with Crippen LogP contribution in [0.5, 0.6) is 5.75 Å². The van der Waals surface area contributed by atoms with E-state index >= 15 is 0 Å². The summed E-state index contributed by atoms with van der Waals surface area (Å²) < 4.78 is 11.6. The maximum Gasteiger partial charge on any atom is 0.293 e. The number of rotatable bonds is 5. The van der Waals surface area contributed by atoms with Crippen molar-refractivity contribution in [2.75, 3.05) is 5.32 Å². The molecule has 0 aliphatic heterocycles. The minimum Gasteiger partial charge on any atom is -0.507 e. The first-order valence-electron chi connectivity index (χ1n) is 11.5. The molecule has 0 atom stereocenters. The highest BCUT2D eigenvalue weighted by atomic mass is 35.5. The van der Waals surface area contributed by atoms with Gasteiger partial charge in [0.1, 0.15) is 17.0 Å². The third-order valence-electron chi connectivity index (χ3n) is 5.83. The second kappa shape index (κ2) is 10.1. The van der Waals surface area contributed by atoms with Gasteiger partial charge in [-0.15, -0.1) is 0 Å². The van der Waals surface area contributed by atoms with E-state index in [1.165, 1.54) is 0 Å². The van der Waals surface area contributed by atoms with E-state index in [1.807, 2.05) is 18.2 Å². The van der Waals surface area contributed by atoms with Gasteiger partial charge in [-0.2, -0.15) is 0 Å². The molecule has 0 aliphatic rings. The van der Waals surface area contributed by atoms with Crippen LogP contribution in [-0.2, 0) is 6.42 Å². The minimum atomic E-state index is -0.501. The SMILES string of the molecule is CCc1ccc2oc(-c3cc(NC(=S)NC(=O)c4ccc(-c5ccc(Cl)cc5)o4)cc(C)c3O)nc2c1. The summed E-state index contributed by atoms with van der Waals surface area (Å²) in [5.74, 6) is 0.471. The summed E-state index contributed by atoms with van der Waals surface area (Å²) in [4.78, 5) is 17.2. The average Bonchev–Trinajstić information content (AvgIpc) is 3.53. The van der Waals surface area contributed by atoms with Gasteiger partial charge in [0.2, 0.25) is 5.89 Å². The summed E-state index contributed by atoms with van der Waals surface area (Å²) in [6.45, 7) is 3.82. The van der Waals surface area contributed by atoms with Gasteiger partial charge in [0.05, 0.1) is 5.56 Å². The van der Waals surface area contributed by atoms with E-state index in [-0.39, 0.29) is 22.5 Å². The molecule has 2 heterocycles. The number of hydrogen-bond acceptors (Lipinski definition) is 6. The largest absolute Gasteiger partial charge is 0.507 e. The molecule has 3 aromatic carbocycles. The Morgan fingerprint density at radius 1 is 1.05 bits per heavy atom. The van der Waals surface area contributed by atoms with Crippen molar-refractivity contribution in [3.63, 3.8) is 0 Å². The number of aryl methyl sites for hydroxylation is 2. The molecule has 5 rings (SSSR count). The Morgan fingerprint density at radius 2 is 1.84 bits per heavy atom. The maximum atomic E-state index is 12.7.